The van der Waals surface area contributed by atoms with Crippen LogP contribution in [0.3, 0.4) is 0 Å². The van der Waals surface area contributed by atoms with Gasteiger partial charge in [-0.2, -0.15) is 0 Å². The van der Waals surface area contributed by atoms with E-state index in [0.29, 0.717) is 23.9 Å². The highest BCUT2D eigenvalue weighted by atomic mass is 35.5. The molecule has 4 rings (SSSR count). The molecule has 8 heteroatoms. The van der Waals surface area contributed by atoms with E-state index in [2.05, 4.69) is 28.6 Å². The molecule has 0 saturated carbocycles. The van der Waals surface area contributed by atoms with Crippen LogP contribution in [0.1, 0.15) is 31.0 Å². The van der Waals surface area contributed by atoms with Crippen molar-refractivity contribution in [3.8, 4) is 0 Å². The molecular weight excluding hydrogens is 432 g/mol. The van der Waals surface area contributed by atoms with Crippen LogP contribution in [-0.2, 0) is 0 Å². The van der Waals surface area contributed by atoms with Crippen LogP contribution in [-0.4, -0.2) is 35.1 Å². The zero-order chi connectivity index (χ0) is 23.0. The zero-order valence-corrected chi connectivity index (χ0v) is 18.7. The van der Waals surface area contributed by atoms with Gasteiger partial charge in [0.15, 0.2) is 5.82 Å². The van der Waals surface area contributed by atoms with Gasteiger partial charge < -0.3 is 16.4 Å². The van der Waals surface area contributed by atoms with Gasteiger partial charge in [0.25, 0.3) is 0 Å². The highest BCUT2D eigenvalue weighted by Gasteiger charge is 2.36. The number of benzene rings is 2. The predicted octanol–water partition coefficient (Wildman–Crippen LogP) is 4.87. The molecular formula is C24H26ClF2N5. The van der Waals surface area contributed by atoms with Crippen molar-refractivity contribution < 1.29 is 8.78 Å². The minimum Gasteiger partial charge on any atom is -0.394 e. The van der Waals surface area contributed by atoms with E-state index in [4.69, 9.17) is 23.1 Å². The van der Waals surface area contributed by atoms with Crippen LogP contribution in [0.25, 0.3) is 0 Å². The number of nitrogens with two attached hydrogens (primary N) is 2. The van der Waals surface area contributed by atoms with Crippen molar-refractivity contribution in [3.63, 3.8) is 0 Å². The first-order valence-electron chi connectivity index (χ1n) is 10.5. The summed E-state index contributed by atoms with van der Waals surface area (Å²) in [5.74, 6) is -0.369. The Morgan fingerprint density at radius 1 is 0.906 bits per heavy atom. The van der Waals surface area contributed by atoms with Crippen LogP contribution >= 0.6 is 11.6 Å². The smallest absolute Gasteiger partial charge is 0.150 e. The summed E-state index contributed by atoms with van der Waals surface area (Å²) in [6.45, 7) is 5.60. The third kappa shape index (κ3) is 4.36. The second-order valence-corrected chi connectivity index (χ2v) is 8.70. The summed E-state index contributed by atoms with van der Waals surface area (Å²) >= 11 is 6.15. The normalized spacial score (nSPS) is 19.5. The standard InChI is InChI=1S/C24H26ClF2N5/c1-14-13-32(15(2)12-31(14)20-11-21(25)30-24(29)22(20)28)23(16-3-7-18(26)8-4-16)17-5-9-19(27)10-6-17/h3-11,14-15,23H,12-13,28H2,1-2H3,(H2,29,30)/t14-,15+/m0/s1. The van der Waals surface area contributed by atoms with E-state index >= 15 is 0 Å². The van der Waals surface area contributed by atoms with Gasteiger partial charge in [0.05, 0.1) is 17.4 Å². The molecule has 0 aliphatic carbocycles. The molecule has 168 valence electrons. The lowest BCUT2D eigenvalue weighted by Crippen LogP contribution is -2.57. The van der Waals surface area contributed by atoms with Gasteiger partial charge in [0.1, 0.15) is 16.8 Å². The molecule has 1 aromatic heterocycles. The number of rotatable bonds is 4. The summed E-state index contributed by atoms with van der Waals surface area (Å²) in [6.07, 6.45) is 0. The Morgan fingerprint density at radius 2 is 1.44 bits per heavy atom. The molecule has 0 radical (unpaired) electrons. The van der Waals surface area contributed by atoms with Crippen molar-refractivity contribution in [2.24, 2.45) is 0 Å². The number of hydrogen-bond acceptors (Lipinski definition) is 5. The van der Waals surface area contributed by atoms with E-state index in [1.807, 2.05) is 0 Å². The fourth-order valence-electron chi connectivity index (χ4n) is 4.48. The van der Waals surface area contributed by atoms with Gasteiger partial charge in [-0.15, -0.1) is 0 Å². The minimum absolute atomic E-state index is 0.0785. The second-order valence-electron chi connectivity index (χ2n) is 8.32. The maximum Gasteiger partial charge on any atom is 0.150 e. The monoisotopic (exact) mass is 457 g/mol. The number of aromatic nitrogens is 1. The Kier molecular flexibility index (Phi) is 6.22. The first kappa shape index (κ1) is 22.3. The molecule has 0 unspecified atom stereocenters. The molecule has 0 spiro atoms. The molecule has 0 bridgehead atoms. The highest BCUT2D eigenvalue weighted by molar-refractivity contribution is 6.30. The summed E-state index contributed by atoms with van der Waals surface area (Å²) in [4.78, 5) is 8.57. The molecule has 1 fully saturated rings. The van der Waals surface area contributed by atoms with Crippen molar-refractivity contribution in [2.75, 3.05) is 29.5 Å². The SMILES string of the molecule is C[C@@H]1CN(c2cc(Cl)nc(N)c2N)[C@@H](C)CN1C(c1ccc(F)cc1)c1ccc(F)cc1. The predicted molar refractivity (Wildman–Crippen MR) is 126 cm³/mol. The third-order valence-corrected chi connectivity index (χ3v) is 6.28. The van der Waals surface area contributed by atoms with Gasteiger partial charge in [0, 0.05) is 31.2 Å². The average Bonchev–Trinajstić information content (AvgIpc) is 2.76. The number of nitrogens with zero attached hydrogens (tertiary/aromatic N) is 3. The van der Waals surface area contributed by atoms with Crippen molar-refractivity contribution in [3.05, 3.63) is 82.5 Å². The van der Waals surface area contributed by atoms with E-state index in [1.165, 1.54) is 24.3 Å². The summed E-state index contributed by atoms with van der Waals surface area (Å²) in [5, 5.41) is 0.296. The summed E-state index contributed by atoms with van der Waals surface area (Å²) in [6, 6.07) is 14.7. The van der Waals surface area contributed by atoms with E-state index in [9.17, 15) is 8.78 Å². The van der Waals surface area contributed by atoms with Gasteiger partial charge in [-0.05, 0) is 49.2 Å². The minimum atomic E-state index is -0.291. The molecule has 0 amide bonds. The van der Waals surface area contributed by atoms with Gasteiger partial charge >= 0.3 is 0 Å². The van der Waals surface area contributed by atoms with Gasteiger partial charge in [-0.1, -0.05) is 35.9 Å². The number of piperazine rings is 1. The molecule has 2 heterocycles. The van der Waals surface area contributed by atoms with Crippen molar-refractivity contribution in [1.29, 1.82) is 0 Å². The van der Waals surface area contributed by atoms with Gasteiger partial charge in [0.2, 0.25) is 0 Å². The quantitative estimate of drug-likeness (QED) is 0.547. The molecule has 4 N–H and O–H groups in total. The van der Waals surface area contributed by atoms with Gasteiger partial charge in [-0.3, -0.25) is 4.90 Å². The van der Waals surface area contributed by atoms with Crippen LogP contribution in [0.5, 0.6) is 0 Å². The van der Waals surface area contributed by atoms with Gasteiger partial charge in [-0.25, -0.2) is 13.8 Å². The van der Waals surface area contributed by atoms with Crippen molar-refractivity contribution in [2.45, 2.75) is 32.0 Å². The van der Waals surface area contributed by atoms with Crippen LogP contribution < -0.4 is 16.4 Å². The molecule has 2 aromatic carbocycles. The van der Waals surface area contributed by atoms with Crippen LogP contribution in [0, 0.1) is 11.6 Å². The lowest BCUT2D eigenvalue weighted by atomic mass is 9.93. The summed E-state index contributed by atoms with van der Waals surface area (Å²) < 4.78 is 27.2. The number of hydrogen-bond donors (Lipinski definition) is 2. The van der Waals surface area contributed by atoms with E-state index in [1.54, 1.807) is 30.3 Å². The van der Waals surface area contributed by atoms with Crippen LogP contribution in [0.15, 0.2) is 54.6 Å². The average molecular weight is 458 g/mol. The third-order valence-electron chi connectivity index (χ3n) is 6.08. The summed E-state index contributed by atoms with van der Waals surface area (Å²) in [7, 11) is 0. The molecule has 1 aliphatic rings. The number of pyridine rings is 1. The second kappa shape index (κ2) is 8.92. The Labute approximate surface area is 191 Å². The zero-order valence-electron chi connectivity index (χ0n) is 18.0. The fourth-order valence-corrected chi connectivity index (χ4v) is 4.68. The van der Waals surface area contributed by atoms with Crippen LogP contribution in [0.4, 0.5) is 26.0 Å². The lowest BCUT2D eigenvalue weighted by molar-refractivity contribution is 0.130. The van der Waals surface area contributed by atoms with Crippen molar-refractivity contribution in [1.82, 2.24) is 9.88 Å². The molecule has 1 saturated heterocycles. The first-order chi connectivity index (χ1) is 15.2. The number of halogens is 3. The molecule has 1 aliphatic heterocycles. The number of anilines is 3. The fraction of sp³-hybridized carbons (Fsp3) is 0.292. The Bertz CT molecular complexity index is 1050. The molecule has 5 nitrogen and oxygen atoms in total. The van der Waals surface area contributed by atoms with Crippen molar-refractivity contribution >= 4 is 28.8 Å². The largest absolute Gasteiger partial charge is 0.394 e. The number of nitrogen functional groups attached to an aromatic ring is 2. The van der Waals surface area contributed by atoms with E-state index in [-0.39, 0.29) is 35.6 Å². The first-order valence-corrected chi connectivity index (χ1v) is 10.9. The highest BCUT2D eigenvalue weighted by Crippen LogP contribution is 2.37. The topological polar surface area (TPSA) is 71.4 Å². The Morgan fingerprint density at radius 3 is 1.97 bits per heavy atom. The van der Waals surface area contributed by atoms with E-state index in [0.717, 1.165) is 16.8 Å². The van der Waals surface area contributed by atoms with E-state index < -0.39 is 0 Å². The Balaban J connectivity index is 1.69. The lowest BCUT2D eigenvalue weighted by Gasteiger charge is -2.48. The summed E-state index contributed by atoms with van der Waals surface area (Å²) in [5.41, 5.74) is 15.2. The molecule has 32 heavy (non-hydrogen) atoms. The maximum atomic E-state index is 13.6. The molecule has 3 aromatic rings. The molecule has 2 atom stereocenters. The van der Waals surface area contributed by atoms with Crippen LogP contribution in [0.2, 0.25) is 5.15 Å². The maximum absolute atomic E-state index is 13.6. The Hall–Kier alpha value is -2.90.